The van der Waals surface area contributed by atoms with Gasteiger partial charge < -0.3 is 10.4 Å². The first-order valence-corrected chi connectivity index (χ1v) is 7.35. The Balaban J connectivity index is 2.96. The maximum Gasteiger partial charge on any atom is 0.229 e. The summed E-state index contributed by atoms with van der Waals surface area (Å²) in [5.41, 5.74) is 1.36. The van der Waals surface area contributed by atoms with Crippen LogP contribution < -0.4 is 5.32 Å². The van der Waals surface area contributed by atoms with Gasteiger partial charge in [0.2, 0.25) is 5.91 Å². The fraction of sp³-hybridized carbons (Fsp3) is 0.588. The number of carbonyl (C=O) groups excluding carboxylic acids is 1. The maximum absolute atomic E-state index is 12.1. The molecule has 0 fully saturated rings. The standard InChI is InChI=1S/C17H27NO2/c1-6-9-15(19)12(2)13-10-7-8-11-14(13)18-16(20)17(3,4)5/h7-8,10-12,15,19H,6,9H2,1-5H3,(H,18,20). The minimum Gasteiger partial charge on any atom is -0.393 e. The van der Waals surface area contributed by atoms with Gasteiger partial charge in [0.25, 0.3) is 0 Å². The van der Waals surface area contributed by atoms with Crippen LogP contribution in [-0.4, -0.2) is 17.1 Å². The topological polar surface area (TPSA) is 49.3 Å². The van der Waals surface area contributed by atoms with Crippen molar-refractivity contribution in [1.82, 2.24) is 0 Å². The molecule has 1 aromatic rings. The van der Waals surface area contributed by atoms with Crippen LogP contribution in [0.3, 0.4) is 0 Å². The molecule has 0 aliphatic carbocycles. The number of carbonyl (C=O) groups is 1. The lowest BCUT2D eigenvalue weighted by Gasteiger charge is -2.24. The van der Waals surface area contributed by atoms with Crippen LogP contribution in [0, 0.1) is 5.41 Å². The fourth-order valence-electron chi connectivity index (χ4n) is 2.07. The second-order valence-corrected chi connectivity index (χ2v) is 6.44. The van der Waals surface area contributed by atoms with E-state index in [1.165, 1.54) is 0 Å². The van der Waals surface area contributed by atoms with Gasteiger partial charge >= 0.3 is 0 Å². The van der Waals surface area contributed by atoms with Gasteiger partial charge in [0.05, 0.1) is 6.10 Å². The third-order valence-electron chi connectivity index (χ3n) is 3.54. The van der Waals surface area contributed by atoms with E-state index in [2.05, 4.69) is 12.2 Å². The van der Waals surface area contributed by atoms with Crippen LogP contribution in [0.5, 0.6) is 0 Å². The second kappa shape index (κ2) is 6.89. The van der Waals surface area contributed by atoms with Crippen molar-refractivity contribution >= 4 is 11.6 Å². The van der Waals surface area contributed by atoms with Crippen molar-refractivity contribution in [2.45, 2.75) is 59.5 Å². The number of amides is 1. The smallest absolute Gasteiger partial charge is 0.229 e. The highest BCUT2D eigenvalue weighted by Gasteiger charge is 2.24. The summed E-state index contributed by atoms with van der Waals surface area (Å²) in [6, 6.07) is 7.72. The Morgan fingerprint density at radius 3 is 2.45 bits per heavy atom. The Kier molecular flexibility index (Phi) is 5.75. The Morgan fingerprint density at radius 1 is 1.30 bits per heavy atom. The Morgan fingerprint density at radius 2 is 1.90 bits per heavy atom. The molecule has 2 atom stereocenters. The number of hydrogen-bond donors (Lipinski definition) is 2. The van der Waals surface area contributed by atoms with E-state index in [0.29, 0.717) is 0 Å². The summed E-state index contributed by atoms with van der Waals surface area (Å²) in [5.74, 6) is -0.00597. The summed E-state index contributed by atoms with van der Waals surface area (Å²) >= 11 is 0. The molecule has 0 aromatic heterocycles. The van der Waals surface area contributed by atoms with Crippen LogP contribution in [0.4, 0.5) is 5.69 Å². The predicted molar refractivity (Wildman–Crippen MR) is 83.9 cm³/mol. The van der Waals surface area contributed by atoms with Crippen LogP contribution in [0.25, 0.3) is 0 Å². The van der Waals surface area contributed by atoms with E-state index in [4.69, 9.17) is 0 Å². The molecule has 0 aliphatic heterocycles. The molecule has 0 heterocycles. The highest BCUT2D eigenvalue weighted by molar-refractivity contribution is 5.95. The minimum absolute atomic E-state index is 0.00594. The Labute approximate surface area is 122 Å². The van der Waals surface area contributed by atoms with Gasteiger partial charge in [-0.1, -0.05) is 59.2 Å². The lowest BCUT2D eigenvalue weighted by Crippen LogP contribution is -2.28. The Hall–Kier alpha value is -1.35. The quantitative estimate of drug-likeness (QED) is 0.856. The number of anilines is 1. The molecule has 0 bridgehead atoms. The number of benzene rings is 1. The van der Waals surface area contributed by atoms with Crippen molar-refractivity contribution in [3.8, 4) is 0 Å². The first-order chi connectivity index (χ1) is 9.27. The molecule has 0 radical (unpaired) electrons. The summed E-state index contributed by atoms with van der Waals surface area (Å²) in [4.78, 5) is 12.1. The third kappa shape index (κ3) is 4.34. The molecule has 112 valence electrons. The average molecular weight is 277 g/mol. The number of aliphatic hydroxyl groups excluding tert-OH is 1. The minimum atomic E-state index is -0.432. The number of hydrogen-bond acceptors (Lipinski definition) is 2. The Bertz CT molecular complexity index is 449. The molecular weight excluding hydrogens is 250 g/mol. The molecule has 2 unspecified atom stereocenters. The second-order valence-electron chi connectivity index (χ2n) is 6.44. The van der Waals surface area contributed by atoms with Gasteiger partial charge in [-0.3, -0.25) is 4.79 Å². The zero-order valence-electron chi connectivity index (χ0n) is 13.2. The molecule has 0 spiro atoms. The molecule has 3 nitrogen and oxygen atoms in total. The van der Waals surface area contributed by atoms with Crippen molar-refractivity contribution in [2.75, 3.05) is 5.32 Å². The molecule has 0 aliphatic rings. The van der Waals surface area contributed by atoms with Gasteiger partial charge in [0.1, 0.15) is 0 Å². The van der Waals surface area contributed by atoms with E-state index in [1.54, 1.807) is 0 Å². The summed E-state index contributed by atoms with van der Waals surface area (Å²) < 4.78 is 0. The van der Waals surface area contributed by atoms with E-state index in [1.807, 2.05) is 52.0 Å². The van der Waals surface area contributed by atoms with Gasteiger partial charge in [-0.15, -0.1) is 0 Å². The van der Waals surface area contributed by atoms with E-state index >= 15 is 0 Å². The van der Waals surface area contributed by atoms with E-state index in [9.17, 15) is 9.90 Å². The number of nitrogens with one attached hydrogen (secondary N) is 1. The monoisotopic (exact) mass is 277 g/mol. The van der Waals surface area contributed by atoms with Crippen molar-refractivity contribution in [3.05, 3.63) is 29.8 Å². The van der Waals surface area contributed by atoms with Crippen molar-refractivity contribution < 1.29 is 9.90 Å². The van der Waals surface area contributed by atoms with Crippen LogP contribution in [0.1, 0.15) is 58.9 Å². The van der Waals surface area contributed by atoms with E-state index in [0.717, 1.165) is 24.1 Å². The van der Waals surface area contributed by atoms with Crippen LogP contribution >= 0.6 is 0 Å². The van der Waals surface area contributed by atoms with Crippen molar-refractivity contribution in [3.63, 3.8) is 0 Å². The highest BCUT2D eigenvalue weighted by Crippen LogP contribution is 2.29. The molecular formula is C17H27NO2. The van der Waals surface area contributed by atoms with Gasteiger partial charge in [0, 0.05) is 17.0 Å². The predicted octanol–water partition coefficient (Wildman–Crippen LogP) is 3.94. The summed E-state index contributed by atoms with van der Waals surface area (Å²) in [6.07, 6.45) is 1.33. The summed E-state index contributed by atoms with van der Waals surface area (Å²) in [5, 5.41) is 13.2. The largest absolute Gasteiger partial charge is 0.393 e. The first kappa shape index (κ1) is 16.7. The van der Waals surface area contributed by atoms with E-state index in [-0.39, 0.29) is 17.9 Å². The number of aliphatic hydroxyl groups is 1. The molecule has 3 heteroatoms. The molecule has 1 rings (SSSR count). The SMILES string of the molecule is CCCC(O)C(C)c1ccccc1NC(=O)C(C)(C)C. The fourth-order valence-corrected chi connectivity index (χ4v) is 2.07. The van der Waals surface area contributed by atoms with Crippen LogP contribution in [0.2, 0.25) is 0 Å². The molecule has 1 amide bonds. The number of rotatable bonds is 5. The van der Waals surface area contributed by atoms with E-state index < -0.39 is 5.41 Å². The number of para-hydroxylation sites is 1. The normalized spacial score (nSPS) is 14.7. The molecule has 2 N–H and O–H groups in total. The lowest BCUT2D eigenvalue weighted by molar-refractivity contribution is -0.123. The van der Waals surface area contributed by atoms with Gasteiger partial charge in [-0.25, -0.2) is 0 Å². The van der Waals surface area contributed by atoms with Gasteiger partial charge in [-0.05, 0) is 18.1 Å². The zero-order chi connectivity index (χ0) is 15.3. The maximum atomic E-state index is 12.1. The third-order valence-corrected chi connectivity index (χ3v) is 3.54. The first-order valence-electron chi connectivity index (χ1n) is 7.35. The zero-order valence-corrected chi connectivity index (χ0v) is 13.2. The average Bonchev–Trinajstić information content (AvgIpc) is 2.37. The molecule has 20 heavy (non-hydrogen) atoms. The summed E-state index contributed by atoms with van der Waals surface area (Å²) in [6.45, 7) is 9.73. The van der Waals surface area contributed by atoms with Crippen molar-refractivity contribution in [1.29, 1.82) is 0 Å². The molecule has 1 aromatic carbocycles. The summed E-state index contributed by atoms with van der Waals surface area (Å²) in [7, 11) is 0. The van der Waals surface area contributed by atoms with Gasteiger partial charge in [-0.2, -0.15) is 0 Å². The van der Waals surface area contributed by atoms with Crippen LogP contribution in [-0.2, 0) is 4.79 Å². The van der Waals surface area contributed by atoms with Crippen LogP contribution in [0.15, 0.2) is 24.3 Å². The van der Waals surface area contributed by atoms with Crippen molar-refractivity contribution in [2.24, 2.45) is 5.41 Å². The highest BCUT2D eigenvalue weighted by atomic mass is 16.3. The van der Waals surface area contributed by atoms with Gasteiger partial charge in [0.15, 0.2) is 0 Å². The molecule has 0 saturated carbocycles. The lowest BCUT2D eigenvalue weighted by atomic mass is 9.90. The molecule has 0 saturated heterocycles.